The first-order chi connectivity index (χ1) is 11.7. The van der Waals surface area contributed by atoms with Crippen molar-refractivity contribution in [1.29, 1.82) is 0 Å². The number of carbonyl (C=O) groups is 1. The van der Waals surface area contributed by atoms with Crippen molar-refractivity contribution in [2.45, 2.75) is 78.0 Å². The molecular formula is C19H37IN4O2. The maximum atomic E-state index is 12.2. The van der Waals surface area contributed by atoms with E-state index < -0.39 is 0 Å². The van der Waals surface area contributed by atoms with Gasteiger partial charge in [-0.15, -0.1) is 24.0 Å². The first-order valence-electron chi connectivity index (χ1n) is 9.66. The molecular weight excluding hydrogens is 443 g/mol. The van der Waals surface area contributed by atoms with Crippen LogP contribution in [0.4, 0.5) is 0 Å². The van der Waals surface area contributed by atoms with Crippen molar-refractivity contribution in [3.8, 4) is 0 Å². The first kappa shape index (κ1) is 23.5. The zero-order valence-electron chi connectivity index (χ0n) is 17.2. The van der Waals surface area contributed by atoms with Gasteiger partial charge in [-0.3, -0.25) is 9.79 Å². The van der Waals surface area contributed by atoms with Gasteiger partial charge >= 0.3 is 0 Å². The van der Waals surface area contributed by atoms with E-state index in [0.717, 1.165) is 19.0 Å². The highest BCUT2D eigenvalue weighted by Crippen LogP contribution is 2.57. The van der Waals surface area contributed by atoms with Crippen LogP contribution < -0.4 is 10.6 Å². The second kappa shape index (κ2) is 9.57. The fourth-order valence-electron chi connectivity index (χ4n) is 3.97. The van der Waals surface area contributed by atoms with E-state index in [9.17, 15) is 4.79 Å². The van der Waals surface area contributed by atoms with E-state index in [1.807, 2.05) is 39.6 Å². The number of hydrogen-bond acceptors (Lipinski definition) is 3. The van der Waals surface area contributed by atoms with Gasteiger partial charge in [-0.1, -0.05) is 6.42 Å². The summed E-state index contributed by atoms with van der Waals surface area (Å²) in [5.41, 5.74) is 0.0567. The fourth-order valence-corrected chi connectivity index (χ4v) is 3.97. The predicted molar refractivity (Wildman–Crippen MR) is 117 cm³/mol. The number of nitrogens with one attached hydrogen (secondary N) is 2. The second-order valence-electron chi connectivity index (χ2n) is 8.42. The highest BCUT2D eigenvalue weighted by Gasteiger charge is 2.59. The molecule has 2 rings (SSSR count). The van der Waals surface area contributed by atoms with Gasteiger partial charge < -0.3 is 20.3 Å². The van der Waals surface area contributed by atoms with Gasteiger partial charge in [0.25, 0.3) is 0 Å². The molecule has 2 fully saturated rings. The molecule has 0 radical (unpaired) electrons. The zero-order chi connectivity index (χ0) is 18.7. The minimum atomic E-state index is -0.220. The normalized spacial score (nSPS) is 24.2. The van der Waals surface area contributed by atoms with E-state index in [4.69, 9.17) is 4.74 Å². The Morgan fingerprint density at radius 1 is 1.31 bits per heavy atom. The number of ether oxygens (including phenoxy) is 1. The van der Waals surface area contributed by atoms with Gasteiger partial charge in [0.1, 0.15) is 0 Å². The van der Waals surface area contributed by atoms with Crippen LogP contribution in [0.25, 0.3) is 0 Å². The van der Waals surface area contributed by atoms with Crippen LogP contribution in [0.1, 0.15) is 60.3 Å². The van der Waals surface area contributed by atoms with E-state index in [1.165, 1.54) is 19.3 Å². The number of aliphatic imine (C=N–C) groups is 1. The number of rotatable bonds is 6. The molecule has 2 aliphatic rings. The van der Waals surface area contributed by atoms with Crippen molar-refractivity contribution >= 4 is 35.8 Å². The lowest BCUT2D eigenvalue weighted by Gasteiger charge is -2.61. The third-order valence-corrected chi connectivity index (χ3v) is 5.31. The monoisotopic (exact) mass is 480 g/mol. The number of halogens is 1. The lowest BCUT2D eigenvalue weighted by Crippen LogP contribution is -2.68. The number of amides is 1. The molecule has 0 aromatic rings. The Labute approximate surface area is 175 Å². The average Bonchev–Trinajstić information content (AvgIpc) is 2.40. The van der Waals surface area contributed by atoms with E-state index in [1.54, 1.807) is 0 Å². The van der Waals surface area contributed by atoms with Crippen LogP contribution in [0.3, 0.4) is 0 Å². The molecule has 0 saturated heterocycles. The molecule has 0 bridgehead atoms. The van der Waals surface area contributed by atoms with Crippen LogP contribution in [0.2, 0.25) is 0 Å². The molecule has 2 unspecified atom stereocenters. The summed E-state index contributed by atoms with van der Waals surface area (Å²) in [6.45, 7) is 11.8. The summed E-state index contributed by atoms with van der Waals surface area (Å²) in [5.74, 6) is 0.831. The summed E-state index contributed by atoms with van der Waals surface area (Å²) in [5, 5.41) is 6.63. The minimum absolute atomic E-state index is 0. The van der Waals surface area contributed by atoms with Crippen LogP contribution >= 0.6 is 24.0 Å². The molecule has 1 spiro atoms. The average molecular weight is 480 g/mol. The maximum Gasteiger partial charge on any atom is 0.240 e. The summed E-state index contributed by atoms with van der Waals surface area (Å²) in [7, 11) is 1.93. The topological polar surface area (TPSA) is 66.0 Å². The Hall–Kier alpha value is -0.570. The fraction of sp³-hybridized carbons (Fsp3) is 0.895. The van der Waals surface area contributed by atoms with Gasteiger partial charge in [0.15, 0.2) is 5.96 Å². The van der Waals surface area contributed by atoms with Crippen molar-refractivity contribution in [2.75, 3.05) is 26.7 Å². The molecule has 0 heterocycles. The number of likely N-dealkylation sites (N-methyl/N-ethyl adjacent to an activating group) is 1. The van der Waals surface area contributed by atoms with Crippen molar-refractivity contribution in [1.82, 2.24) is 15.5 Å². The smallest absolute Gasteiger partial charge is 0.240 e. The summed E-state index contributed by atoms with van der Waals surface area (Å²) in [6, 6.07) is 0.399. The molecule has 2 saturated carbocycles. The van der Waals surface area contributed by atoms with Gasteiger partial charge in [-0.05, 0) is 53.9 Å². The van der Waals surface area contributed by atoms with Crippen LogP contribution in [-0.4, -0.2) is 61.2 Å². The Bertz CT molecular complexity index is 500. The largest absolute Gasteiger partial charge is 0.378 e. The maximum absolute atomic E-state index is 12.2. The lowest BCUT2D eigenvalue weighted by molar-refractivity contribution is -0.168. The van der Waals surface area contributed by atoms with Crippen molar-refractivity contribution in [3.63, 3.8) is 0 Å². The first-order valence-corrected chi connectivity index (χ1v) is 9.66. The molecule has 152 valence electrons. The van der Waals surface area contributed by atoms with Gasteiger partial charge in [0.05, 0.1) is 12.6 Å². The van der Waals surface area contributed by atoms with Crippen LogP contribution in [0, 0.1) is 5.41 Å². The highest BCUT2D eigenvalue weighted by atomic mass is 127. The Balaban J connectivity index is 0.00000338. The molecule has 2 N–H and O–H groups in total. The third-order valence-electron chi connectivity index (χ3n) is 5.31. The Kier molecular flexibility index (Phi) is 8.64. The Morgan fingerprint density at radius 2 is 1.96 bits per heavy atom. The van der Waals surface area contributed by atoms with Gasteiger partial charge in [-0.2, -0.15) is 0 Å². The van der Waals surface area contributed by atoms with Crippen LogP contribution in [0.5, 0.6) is 0 Å². The highest BCUT2D eigenvalue weighted by molar-refractivity contribution is 14.0. The molecule has 2 aliphatic carbocycles. The lowest BCUT2D eigenvalue weighted by atomic mass is 9.51. The molecule has 1 amide bonds. The van der Waals surface area contributed by atoms with Gasteiger partial charge in [0.2, 0.25) is 5.91 Å². The number of carbonyl (C=O) groups excluding carboxylic acids is 1. The summed E-state index contributed by atoms with van der Waals surface area (Å²) < 4.78 is 5.93. The summed E-state index contributed by atoms with van der Waals surface area (Å²) in [4.78, 5) is 18.7. The summed E-state index contributed by atoms with van der Waals surface area (Å²) >= 11 is 0. The van der Waals surface area contributed by atoms with Gasteiger partial charge in [0, 0.05) is 37.2 Å². The second-order valence-corrected chi connectivity index (χ2v) is 8.42. The molecule has 26 heavy (non-hydrogen) atoms. The van der Waals surface area contributed by atoms with E-state index in [0.29, 0.717) is 25.2 Å². The van der Waals surface area contributed by atoms with E-state index >= 15 is 0 Å². The molecule has 6 nitrogen and oxygen atoms in total. The third kappa shape index (κ3) is 5.47. The van der Waals surface area contributed by atoms with Crippen molar-refractivity contribution in [3.05, 3.63) is 0 Å². The SMILES string of the molecule is CCN=C(NC1CC(OCC)C12CCC2)N(C)CC(=O)NC(C)(C)C.I. The number of hydrogen-bond donors (Lipinski definition) is 2. The van der Waals surface area contributed by atoms with Gasteiger partial charge in [-0.25, -0.2) is 0 Å². The molecule has 0 aromatic carbocycles. The molecule has 2 atom stereocenters. The van der Waals surface area contributed by atoms with Crippen molar-refractivity contribution in [2.24, 2.45) is 10.4 Å². The van der Waals surface area contributed by atoms with Crippen LogP contribution in [-0.2, 0) is 9.53 Å². The zero-order valence-corrected chi connectivity index (χ0v) is 19.6. The van der Waals surface area contributed by atoms with Crippen LogP contribution in [0.15, 0.2) is 4.99 Å². The molecule has 0 aliphatic heterocycles. The van der Waals surface area contributed by atoms with E-state index in [2.05, 4.69) is 22.5 Å². The minimum Gasteiger partial charge on any atom is -0.378 e. The summed E-state index contributed by atoms with van der Waals surface area (Å²) in [6.07, 6.45) is 5.14. The number of nitrogens with zero attached hydrogens (tertiary/aromatic N) is 2. The van der Waals surface area contributed by atoms with Crippen molar-refractivity contribution < 1.29 is 9.53 Å². The Morgan fingerprint density at radius 3 is 2.42 bits per heavy atom. The molecule has 0 aromatic heterocycles. The molecule has 7 heteroatoms. The standard InChI is InChI=1S/C19H36N4O2.HI/c1-7-20-17(23(6)13-16(24)22-18(3,4)5)21-14-12-15(25-8-2)19(14)10-9-11-19;/h14-15H,7-13H2,1-6H3,(H,20,21)(H,22,24);1H. The predicted octanol–water partition coefficient (Wildman–Crippen LogP) is 2.76. The van der Waals surface area contributed by atoms with E-state index in [-0.39, 0.29) is 40.8 Å². The number of guanidine groups is 1. The quantitative estimate of drug-likeness (QED) is 0.349.